The average Bonchev–Trinajstić information content (AvgIpc) is 2.18. The molecule has 0 bridgehead atoms. The van der Waals surface area contributed by atoms with Gasteiger partial charge in [0.15, 0.2) is 0 Å². The molecule has 2 heteroatoms. The summed E-state index contributed by atoms with van der Waals surface area (Å²) >= 11 is 0. The normalized spacial score (nSPS) is 7.33. The summed E-state index contributed by atoms with van der Waals surface area (Å²) in [7, 11) is 0. The van der Waals surface area contributed by atoms with E-state index in [1.54, 1.807) is 12.2 Å². The SMILES string of the molecule is [CH-]=CCCC=C(C)C.[CH-]=CCCC=C(C)C.[Cu+].[Li+]. The van der Waals surface area contributed by atoms with Crippen LogP contribution in [0.25, 0.3) is 0 Å². The molecule has 0 aromatic rings. The van der Waals surface area contributed by atoms with Crippen molar-refractivity contribution < 1.29 is 35.9 Å². The number of allylic oxidation sites excluding steroid dienone is 6. The number of hydrogen-bond donors (Lipinski definition) is 0. The van der Waals surface area contributed by atoms with E-state index in [4.69, 9.17) is 13.2 Å². The smallest absolute Gasteiger partial charge is 0.518 e. The molecule has 0 unspecified atom stereocenters. The summed E-state index contributed by atoms with van der Waals surface area (Å²) in [6.45, 7) is 18.7. The van der Waals surface area contributed by atoms with Crippen molar-refractivity contribution in [1.82, 2.24) is 0 Å². The van der Waals surface area contributed by atoms with E-state index in [1.165, 1.54) is 11.1 Å². The molecule has 0 atom stereocenters. The second-order valence-corrected chi connectivity index (χ2v) is 4.19. The molecule has 0 N–H and O–H groups in total. The zero-order valence-corrected chi connectivity index (χ0v) is 13.5. The molecule has 0 saturated carbocycles. The summed E-state index contributed by atoms with van der Waals surface area (Å²) in [5, 5.41) is 0. The molecule has 0 aromatic heterocycles. The first-order chi connectivity index (χ1) is 7.54. The van der Waals surface area contributed by atoms with Gasteiger partial charge in [-0.2, -0.15) is 0 Å². The molecule has 0 aliphatic heterocycles. The molecule has 0 spiro atoms. The minimum atomic E-state index is 0. The van der Waals surface area contributed by atoms with Crippen molar-refractivity contribution in [1.29, 1.82) is 0 Å². The Morgan fingerprint density at radius 3 is 1.17 bits per heavy atom. The first-order valence-electron chi connectivity index (χ1n) is 5.88. The van der Waals surface area contributed by atoms with Crippen molar-refractivity contribution in [2.45, 2.75) is 53.4 Å². The van der Waals surface area contributed by atoms with E-state index in [9.17, 15) is 0 Å². The van der Waals surface area contributed by atoms with Gasteiger partial charge in [0.2, 0.25) is 0 Å². The molecular formula is C16H26CuLi. The van der Waals surface area contributed by atoms with Crippen LogP contribution in [-0.4, -0.2) is 0 Å². The molecule has 0 fully saturated rings. The van der Waals surface area contributed by atoms with Crippen LogP contribution in [-0.2, 0) is 17.1 Å². The summed E-state index contributed by atoms with van der Waals surface area (Å²) in [5.74, 6) is 0. The Bertz CT molecular complexity index is 205. The van der Waals surface area contributed by atoms with E-state index < -0.39 is 0 Å². The number of hydrogen-bond acceptors (Lipinski definition) is 0. The Morgan fingerprint density at radius 1 is 0.722 bits per heavy atom. The van der Waals surface area contributed by atoms with Crippen LogP contribution in [0.3, 0.4) is 0 Å². The standard InChI is InChI=1S/2C8H13.Cu.Li/c2*1-4-5-6-7-8(2)3;;/h2*1,4,7H,5-6H2,2-3H3;;/q2*-1;2*+1. The van der Waals surface area contributed by atoms with Gasteiger partial charge in [0, 0.05) is 0 Å². The van der Waals surface area contributed by atoms with Gasteiger partial charge in [-0.1, -0.05) is 36.1 Å². The molecule has 0 amide bonds. The van der Waals surface area contributed by atoms with E-state index in [1.807, 2.05) is 0 Å². The van der Waals surface area contributed by atoms with Crippen molar-refractivity contribution in [3.63, 3.8) is 0 Å². The van der Waals surface area contributed by atoms with Crippen molar-refractivity contribution in [3.8, 4) is 0 Å². The molecule has 0 nitrogen and oxygen atoms in total. The summed E-state index contributed by atoms with van der Waals surface area (Å²) in [5.41, 5.74) is 2.73. The fourth-order valence-electron chi connectivity index (χ4n) is 0.936. The van der Waals surface area contributed by atoms with Gasteiger partial charge >= 0.3 is 35.9 Å². The van der Waals surface area contributed by atoms with Crippen molar-refractivity contribution >= 4 is 0 Å². The average molecular weight is 289 g/mol. The second kappa shape index (κ2) is 22.3. The van der Waals surface area contributed by atoms with Gasteiger partial charge < -0.3 is 13.2 Å². The van der Waals surface area contributed by atoms with Crippen molar-refractivity contribution in [2.75, 3.05) is 0 Å². The maximum Gasteiger partial charge on any atom is 1.00 e. The van der Waals surface area contributed by atoms with Gasteiger partial charge in [0.1, 0.15) is 0 Å². The van der Waals surface area contributed by atoms with Crippen LogP contribution < -0.4 is 18.9 Å². The number of unbranched alkanes of at least 4 members (excludes halogenated alkanes) is 2. The summed E-state index contributed by atoms with van der Waals surface area (Å²) < 4.78 is 0. The van der Waals surface area contributed by atoms with E-state index >= 15 is 0 Å². The Balaban J connectivity index is -0.0000000980. The van der Waals surface area contributed by atoms with Crippen LogP contribution >= 0.6 is 0 Å². The molecule has 102 valence electrons. The van der Waals surface area contributed by atoms with E-state index in [0.717, 1.165) is 25.7 Å². The zero-order valence-electron chi connectivity index (χ0n) is 12.6. The molecular weight excluding hydrogens is 263 g/mol. The van der Waals surface area contributed by atoms with E-state index in [2.05, 4.69) is 39.8 Å². The predicted octanol–water partition coefficient (Wildman–Crippen LogP) is 2.45. The maximum absolute atomic E-state index is 5.16. The van der Waals surface area contributed by atoms with Gasteiger partial charge in [0.05, 0.1) is 0 Å². The third-order valence-electron chi connectivity index (χ3n) is 1.77. The first kappa shape index (κ1) is 26.6. The third kappa shape index (κ3) is 36.0. The fourth-order valence-corrected chi connectivity index (χ4v) is 0.936. The van der Waals surface area contributed by atoms with E-state index in [-0.39, 0.29) is 35.9 Å². The quantitative estimate of drug-likeness (QED) is 0.305. The molecule has 0 rings (SSSR count). The minimum absolute atomic E-state index is 0. The zero-order chi connectivity index (χ0) is 12.8. The summed E-state index contributed by atoms with van der Waals surface area (Å²) in [6.07, 6.45) is 11.9. The Hall–Kier alpha value is 0.0769. The van der Waals surface area contributed by atoms with Gasteiger partial charge in [-0.25, -0.2) is 0 Å². The Labute approximate surface area is 137 Å². The minimum Gasteiger partial charge on any atom is -0.518 e. The molecule has 18 heavy (non-hydrogen) atoms. The first-order valence-corrected chi connectivity index (χ1v) is 5.88. The molecule has 0 heterocycles. The Morgan fingerprint density at radius 2 is 1.00 bits per heavy atom. The third-order valence-corrected chi connectivity index (χ3v) is 1.77. The van der Waals surface area contributed by atoms with Crippen molar-refractivity contribution in [2.24, 2.45) is 0 Å². The maximum atomic E-state index is 5.16. The van der Waals surface area contributed by atoms with Gasteiger partial charge in [0.25, 0.3) is 0 Å². The van der Waals surface area contributed by atoms with Crippen LogP contribution in [0.4, 0.5) is 0 Å². The second-order valence-electron chi connectivity index (χ2n) is 4.19. The monoisotopic (exact) mass is 288 g/mol. The Kier molecular flexibility index (Phi) is 32.9. The predicted molar refractivity (Wildman–Crippen MR) is 75.1 cm³/mol. The van der Waals surface area contributed by atoms with Gasteiger partial charge in [-0.15, -0.1) is 0 Å². The topological polar surface area (TPSA) is 0 Å². The van der Waals surface area contributed by atoms with Gasteiger partial charge in [-0.3, -0.25) is 12.2 Å². The summed E-state index contributed by atoms with van der Waals surface area (Å²) in [6, 6.07) is 0. The summed E-state index contributed by atoms with van der Waals surface area (Å²) in [4.78, 5) is 0. The van der Waals surface area contributed by atoms with Crippen LogP contribution in [0.1, 0.15) is 53.4 Å². The number of rotatable bonds is 6. The van der Waals surface area contributed by atoms with E-state index in [0.29, 0.717) is 0 Å². The fraction of sp³-hybridized carbons (Fsp3) is 0.500. The largest absolute Gasteiger partial charge is 1.00 e. The van der Waals surface area contributed by atoms with Gasteiger partial charge in [-0.05, 0) is 40.5 Å². The van der Waals surface area contributed by atoms with Crippen molar-refractivity contribution in [3.05, 3.63) is 48.6 Å². The van der Waals surface area contributed by atoms with Crippen LogP contribution in [0, 0.1) is 13.2 Å². The molecule has 0 aliphatic carbocycles. The van der Waals surface area contributed by atoms with Crippen LogP contribution in [0.15, 0.2) is 35.5 Å². The molecule has 0 radical (unpaired) electrons. The molecule has 0 aliphatic rings. The molecule has 0 aromatic carbocycles. The van der Waals surface area contributed by atoms with Crippen LogP contribution in [0.5, 0.6) is 0 Å². The van der Waals surface area contributed by atoms with Crippen LogP contribution in [0.2, 0.25) is 0 Å². The molecule has 0 saturated heterocycles.